The van der Waals surface area contributed by atoms with Crippen LogP contribution in [0.25, 0.3) is 0 Å². The zero-order chi connectivity index (χ0) is 19.1. The minimum atomic E-state index is -0.513. The molecule has 0 aliphatic rings. The van der Waals surface area contributed by atoms with E-state index in [1.165, 1.54) is 0 Å². The molecule has 0 radical (unpaired) electrons. The second-order valence-electron chi connectivity index (χ2n) is 5.91. The van der Waals surface area contributed by atoms with Crippen molar-refractivity contribution in [2.24, 2.45) is 0 Å². The molecule has 3 aromatic rings. The Labute approximate surface area is 162 Å². The van der Waals surface area contributed by atoms with Gasteiger partial charge in [-0.1, -0.05) is 59.8 Å². The van der Waals surface area contributed by atoms with Crippen molar-refractivity contribution in [2.75, 3.05) is 11.9 Å². The van der Waals surface area contributed by atoms with Crippen LogP contribution in [0.2, 0.25) is 0 Å². The number of carbonyl (C=O) groups excluding carboxylic acids is 2. The molecule has 0 heterocycles. The van der Waals surface area contributed by atoms with E-state index in [9.17, 15) is 9.59 Å². The number of amides is 1. The SMILES string of the molecule is Cc1cccc(C(=O)OCC(=O)Nc2ccccc2Sc2ccccc2)c1. The Balaban J connectivity index is 1.60. The number of para-hydroxylation sites is 1. The van der Waals surface area contributed by atoms with Gasteiger partial charge in [0.15, 0.2) is 6.61 Å². The Morgan fingerprint density at radius 2 is 1.67 bits per heavy atom. The maximum atomic E-state index is 12.2. The van der Waals surface area contributed by atoms with Crippen LogP contribution < -0.4 is 5.32 Å². The number of aryl methyl sites for hydroxylation is 1. The number of hydrogen-bond donors (Lipinski definition) is 1. The van der Waals surface area contributed by atoms with Crippen molar-refractivity contribution in [3.63, 3.8) is 0 Å². The van der Waals surface area contributed by atoms with E-state index in [0.717, 1.165) is 15.4 Å². The zero-order valence-electron chi connectivity index (χ0n) is 14.8. The van der Waals surface area contributed by atoms with Gasteiger partial charge >= 0.3 is 5.97 Å². The van der Waals surface area contributed by atoms with Gasteiger partial charge in [-0.2, -0.15) is 0 Å². The van der Waals surface area contributed by atoms with Crippen LogP contribution in [0.5, 0.6) is 0 Å². The van der Waals surface area contributed by atoms with Crippen LogP contribution in [-0.4, -0.2) is 18.5 Å². The Kier molecular flexibility index (Phi) is 6.28. The van der Waals surface area contributed by atoms with E-state index in [2.05, 4.69) is 5.32 Å². The first kappa shape index (κ1) is 18.7. The van der Waals surface area contributed by atoms with E-state index in [1.807, 2.05) is 67.6 Å². The Morgan fingerprint density at radius 3 is 2.44 bits per heavy atom. The molecule has 1 amide bonds. The van der Waals surface area contributed by atoms with Gasteiger partial charge in [-0.15, -0.1) is 0 Å². The quantitative estimate of drug-likeness (QED) is 0.618. The minimum Gasteiger partial charge on any atom is -0.452 e. The molecule has 0 aromatic heterocycles. The maximum Gasteiger partial charge on any atom is 0.338 e. The van der Waals surface area contributed by atoms with Crippen molar-refractivity contribution in [3.8, 4) is 0 Å². The number of hydrogen-bond acceptors (Lipinski definition) is 4. The lowest BCUT2D eigenvalue weighted by Crippen LogP contribution is -2.21. The molecule has 3 rings (SSSR count). The minimum absolute atomic E-state index is 0.336. The topological polar surface area (TPSA) is 55.4 Å². The van der Waals surface area contributed by atoms with Gasteiger partial charge in [0.05, 0.1) is 11.3 Å². The Bertz CT molecular complexity index is 941. The van der Waals surface area contributed by atoms with Crippen LogP contribution >= 0.6 is 11.8 Å². The van der Waals surface area contributed by atoms with E-state index in [4.69, 9.17) is 4.74 Å². The van der Waals surface area contributed by atoms with E-state index in [1.54, 1.807) is 30.0 Å². The fourth-order valence-corrected chi connectivity index (χ4v) is 3.37. The van der Waals surface area contributed by atoms with Gasteiger partial charge < -0.3 is 10.1 Å². The van der Waals surface area contributed by atoms with E-state index in [-0.39, 0.29) is 12.5 Å². The molecule has 0 fully saturated rings. The first-order valence-corrected chi connectivity index (χ1v) is 9.29. The van der Waals surface area contributed by atoms with Crippen molar-refractivity contribution in [1.82, 2.24) is 0 Å². The van der Waals surface area contributed by atoms with Crippen molar-refractivity contribution in [3.05, 3.63) is 90.0 Å². The molecule has 0 saturated carbocycles. The van der Waals surface area contributed by atoms with Gasteiger partial charge in [0, 0.05) is 9.79 Å². The predicted octanol–water partition coefficient (Wildman–Crippen LogP) is 4.94. The summed E-state index contributed by atoms with van der Waals surface area (Å²) in [7, 11) is 0. The lowest BCUT2D eigenvalue weighted by atomic mass is 10.1. The lowest BCUT2D eigenvalue weighted by Gasteiger charge is -2.11. The number of rotatable bonds is 6. The molecule has 5 heteroatoms. The normalized spacial score (nSPS) is 10.3. The van der Waals surface area contributed by atoms with Crippen LogP contribution in [0.4, 0.5) is 5.69 Å². The smallest absolute Gasteiger partial charge is 0.338 e. The Hall–Kier alpha value is -3.05. The number of nitrogens with one attached hydrogen (secondary N) is 1. The highest BCUT2D eigenvalue weighted by Gasteiger charge is 2.12. The first-order valence-electron chi connectivity index (χ1n) is 8.47. The molecule has 0 atom stereocenters. The molecule has 0 unspecified atom stereocenters. The summed E-state index contributed by atoms with van der Waals surface area (Å²) in [5, 5.41) is 2.81. The monoisotopic (exact) mass is 377 g/mol. The van der Waals surface area contributed by atoms with Crippen molar-refractivity contribution < 1.29 is 14.3 Å². The molecule has 4 nitrogen and oxygen atoms in total. The predicted molar refractivity (Wildman–Crippen MR) is 107 cm³/mol. The van der Waals surface area contributed by atoms with E-state index in [0.29, 0.717) is 11.3 Å². The molecule has 3 aromatic carbocycles. The van der Waals surface area contributed by atoms with Gasteiger partial charge in [0.25, 0.3) is 5.91 Å². The van der Waals surface area contributed by atoms with Gasteiger partial charge in [0.1, 0.15) is 0 Å². The Morgan fingerprint density at radius 1 is 0.926 bits per heavy atom. The van der Waals surface area contributed by atoms with Crippen molar-refractivity contribution >= 4 is 29.3 Å². The summed E-state index contributed by atoms with van der Waals surface area (Å²) >= 11 is 1.56. The van der Waals surface area contributed by atoms with Crippen molar-refractivity contribution in [2.45, 2.75) is 16.7 Å². The fraction of sp³-hybridized carbons (Fsp3) is 0.0909. The van der Waals surface area contributed by atoms with Gasteiger partial charge in [-0.3, -0.25) is 4.79 Å². The molecule has 27 heavy (non-hydrogen) atoms. The highest BCUT2D eigenvalue weighted by atomic mass is 32.2. The maximum absolute atomic E-state index is 12.2. The van der Waals surface area contributed by atoms with Crippen LogP contribution in [0.15, 0.2) is 88.7 Å². The molecular weight excluding hydrogens is 358 g/mol. The molecule has 0 aliphatic carbocycles. The summed E-state index contributed by atoms with van der Waals surface area (Å²) in [5.41, 5.74) is 2.08. The summed E-state index contributed by atoms with van der Waals surface area (Å²) in [4.78, 5) is 26.3. The lowest BCUT2D eigenvalue weighted by molar-refractivity contribution is -0.119. The molecule has 1 N–H and O–H groups in total. The van der Waals surface area contributed by atoms with Gasteiger partial charge in [0.2, 0.25) is 0 Å². The highest BCUT2D eigenvalue weighted by molar-refractivity contribution is 7.99. The summed E-state index contributed by atoms with van der Waals surface area (Å²) in [6, 6.07) is 24.5. The summed E-state index contributed by atoms with van der Waals surface area (Å²) < 4.78 is 5.12. The fourth-order valence-electron chi connectivity index (χ4n) is 2.45. The number of carbonyl (C=O) groups is 2. The number of anilines is 1. The van der Waals surface area contributed by atoms with Crippen LogP contribution in [0.1, 0.15) is 15.9 Å². The second kappa shape index (κ2) is 9.05. The average Bonchev–Trinajstić information content (AvgIpc) is 2.68. The molecule has 0 saturated heterocycles. The summed E-state index contributed by atoms with van der Waals surface area (Å²) in [6.07, 6.45) is 0. The third kappa shape index (κ3) is 5.46. The third-order valence-corrected chi connectivity index (χ3v) is 4.80. The van der Waals surface area contributed by atoms with Crippen molar-refractivity contribution in [1.29, 1.82) is 0 Å². The third-order valence-electron chi connectivity index (χ3n) is 3.72. The second-order valence-corrected chi connectivity index (χ2v) is 7.02. The first-order chi connectivity index (χ1) is 13.1. The number of benzene rings is 3. The van der Waals surface area contributed by atoms with Crippen LogP contribution in [0.3, 0.4) is 0 Å². The molecule has 136 valence electrons. The van der Waals surface area contributed by atoms with E-state index >= 15 is 0 Å². The summed E-state index contributed by atoms with van der Waals surface area (Å²) in [5.74, 6) is -0.891. The van der Waals surface area contributed by atoms with Crippen LogP contribution in [0, 0.1) is 6.92 Å². The zero-order valence-corrected chi connectivity index (χ0v) is 15.7. The molecule has 0 aliphatic heterocycles. The number of ether oxygens (including phenoxy) is 1. The average molecular weight is 377 g/mol. The van der Waals surface area contributed by atoms with E-state index < -0.39 is 5.97 Å². The molecule has 0 bridgehead atoms. The van der Waals surface area contributed by atoms with Crippen LogP contribution in [-0.2, 0) is 9.53 Å². The summed E-state index contributed by atoms with van der Waals surface area (Å²) in [6.45, 7) is 1.56. The largest absolute Gasteiger partial charge is 0.452 e. The van der Waals surface area contributed by atoms with Gasteiger partial charge in [-0.05, 0) is 43.3 Å². The van der Waals surface area contributed by atoms with Gasteiger partial charge in [-0.25, -0.2) is 4.79 Å². The number of esters is 1. The molecular formula is C22H19NO3S. The molecule has 0 spiro atoms. The standard InChI is InChI=1S/C22H19NO3S/c1-16-8-7-9-17(14-16)22(25)26-15-21(24)23-19-12-5-6-13-20(19)27-18-10-3-2-4-11-18/h2-14H,15H2,1H3,(H,23,24). The highest BCUT2D eigenvalue weighted by Crippen LogP contribution is 2.33.